The number of nitrogens with zero attached hydrogens (tertiary/aromatic N) is 4. The van der Waals surface area contributed by atoms with E-state index in [9.17, 15) is 9.59 Å². The summed E-state index contributed by atoms with van der Waals surface area (Å²) >= 11 is 1.33. The second-order valence-electron chi connectivity index (χ2n) is 4.83. The Morgan fingerprint density at radius 1 is 1.38 bits per heavy atom. The lowest BCUT2D eigenvalue weighted by molar-refractivity contribution is 0.0516. The third-order valence-electron chi connectivity index (χ3n) is 3.35. The standard InChI is InChI=1S/C13H16N4O3S/c1-2-20-11(19)9-8-10(18)14-12-17(9)15-13(21-12)16-6-4-3-5-7-16/h8H,2-7H2,1H3. The second-order valence-corrected chi connectivity index (χ2v) is 5.76. The van der Waals surface area contributed by atoms with Crippen LogP contribution in [0.5, 0.6) is 0 Å². The van der Waals surface area contributed by atoms with Crippen LogP contribution in [-0.2, 0) is 4.74 Å². The van der Waals surface area contributed by atoms with Gasteiger partial charge in [0.25, 0.3) is 5.56 Å². The van der Waals surface area contributed by atoms with Gasteiger partial charge >= 0.3 is 5.97 Å². The van der Waals surface area contributed by atoms with Crippen LogP contribution < -0.4 is 10.5 Å². The summed E-state index contributed by atoms with van der Waals surface area (Å²) in [4.78, 5) is 30.1. The third kappa shape index (κ3) is 2.76. The lowest BCUT2D eigenvalue weighted by atomic mass is 10.1. The molecule has 0 saturated carbocycles. The van der Waals surface area contributed by atoms with E-state index in [1.807, 2.05) is 0 Å². The number of carbonyl (C=O) groups excluding carboxylic acids is 1. The number of piperidine rings is 1. The van der Waals surface area contributed by atoms with Crippen LogP contribution in [0, 0.1) is 0 Å². The van der Waals surface area contributed by atoms with Crippen LogP contribution in [0.1, 0.15) is 36.7 Å². The van der Waals surface area contributed by atoms with Crippen molar-refractivity contribution in [3.8, 4) is 0 Å². The Morgan fingerprint density at radius 3 is 2.86 bits per heavy atom. The van der Waals surface area contributed by atoms with E-state index in [1.165, 1.54) is 28.3 Å². The predicted octanol–water partition coefficient (Wildman–Crippen LogP) is 1.32. The first-order valence-corrected chi connectivity index (χ1v) is 7.83. The molecule has 0 unspecified atom stereocenters. The predicted molar refractivity (Wildman–Crippen MR) is 79.2 cm³/mol. The van der Waals surface area contributed by atoms with Crippen molar-refractivity contribution in [1.29, 1.82) is 0 Å². The van der Waals surface area contributed by atoms with Crippen LogP contribution in [0.4, 0.5) is 5.13 Å². The van der Waals surface area contributed by atoms with Crippen molar-refractivity contribution >= 4 is 27.4 Å². The molecule has 3 heterocycles. The van der Waals surface area contributed by atoms with Crippen molar-refractivity contribution in [3.05, 3.63) is 22.1 Å². The Balaban J connectivity index is 2.05. The maximum atomic E-state index is 11.9. The normalized spacial score (nSPS) is 15.4. The van der Waals surface area contributed by atoms with Gasteiger partial charge in [-0.3, -0.25) is 4.79 Å². The van der Waals surface area contributed by atoms with Gasteiger partial charge in [-0.05, 0) is 26.2 Å². The number of hydrogen-bond acceptors (Lipinski definition) is 7. The molecule has 1 fully saturated rings. The molecule has 0 aromatic carbocycles. The topological polar surface area (TPSA) is 76.8 Å². The zero-order valence-corrected chi connectivity index (χ0v) is 12.6. The smallest absolute Gasteiger partial charge is 0.357 e. The molecule has 1 aliphatic rings. The summed E-state index contributed by atoms with van der Waals surface area (Å²) in [7, 11) is 0. The van der Waals surface area contributed by atoms with Gasteiger partial charge in [-0.2, -0.15) is 9.50 Å². The quantitative estimate of drug-likeness (QED) is 0.796. The maximum Gasteiger partial charge on any atom is 0.357 e. The summed E-state index contributed by atoms with van der Waals surface area (Å²) < 4.78 is 6.38. The van der Waals surface area contributed by atoms with E-state index in [1.54, 1.807) is 6.92 Å². The van der Waals surface area contributed by atoms with E-state index in [2.05, 4.69) is 15.0 Å². The zero-order chi connectivity index (χ0) is 14.8. The monoisotopic (exact) mass is 308 g/mol. The van der Waals surface area contributed by atoms with E-state index in [4.69, 9.17) is 4.74 Å². The largest absolute Gasteiger partial charge is 0.461 e. The van der Waals surface area contributed by atoms with Crippen LogP contribution in [0.15, 0.2) is 10.9 Å². The number of fused-ring (bicyclic) bond motifs is 1. The number of carbonyl (C=O) groups is 1. The Morgan fingerprint density at radius 2 is 2.14 bits per heavy atom. The Bertz CT molecular complexity index is 718. The minimum absolute atomic E-state index is 0.131. The minimum atomic E-state index is -0.553. The SMILES string of the molecule is CCOC(=O)c1cc(=O)nc2sc(N3CCCCC3)nn12. The Hall–Kier alpha value is -1.96. The highest BCUT2D eigenvalue weighted by molar-refractivity contribution is 7.20. The van der Waals surface area contributed by atoms with Gasteiger partial charge < -0.3 is 9.64 Å². The highest BCUT2D eigenvalue weighted by atomic mass is 32.1. The van der Waals surface area contributed by atoms with Gasteiger partial charge in [0.2, 0.25) is 10.1 Å². The number of esters is 1. The third-order valence-corrected chi connectivity index (χ3v) is 4.32. The summed E-state index contributed by atoms with van der Waals surface area (Å²) in [6.45, 7) is 3.86. The average Bonchev–Trinajstić information content (AvgIpc) is 2.91. The van der Waals surface area contributed by atoms with E-state index < -0.39 is 11.5 Å². The van der Waals surface area contributed by atoms with E-state index in [0.29, 0.717) is 4.96 Å². The second kappa shape index (κ2) is 5.80. The van der Waals surface area contributed by atoms with E-state index in [-0.39, 0.29) is 12.3 Å². The van der Waals surface area contributed by atoms with Gasteiger partial charge in [-0.15, -0.1) is 5.10 Å². The number of aromatic nitrogens is 3. The molecular weight excluding hydrogens is 292 g/mol. The van der Waals surface area contributed by atoms with Crippen LogP contribution in [-0.4, -0.2) is 40.3 Å². The summed E-state index contributed by atoms with van der Waals surface area (Å²) in [5.74, 6) is -0.553. The number of rotatable bonds is 3. The molecule has 7 nitrogen and oxygen atoms in total. The first-order valence-electron chi connectivity index (χ1n) is 7.02. The highest BCUT2D eigenvalue weighted by Crippen LogP contribution is 2.25. The molecule has 0 atom stereocenters. The van der Waals surface area contributed by atoms with Crippen LogP contribution in [0.2, 0.25) is 0 Å². The highest BCUT2D eigenvalue weighted by Gasteiger charge is 2.20. The van der Waals surface area contributed by atoms with Gasteiger partial charge in [0.1, 0.15) is 0 Å². The fraction of sp³-hybridized carbons (Fsp3) is 0.538. The molecule has 2 aromatic heterocycles. The van der Waals surface area contributed by atoms with Crippen molar-refractivity contribution < 1.29 is 9.53 Å². The number of ether oxygens (including phenoxy) is 1. The fourth-order valence-corrected chi connectivity index (χ4v) is 3.33. The van der Waals surface area contributed by atoms with Gasteiger partial charge in [0.15, 0.2) is 5.69 Å². The molecule has 0 N–H and O–H groups in total. The van der Waals surface area contributed by atoms with Crippen molar-refractivity contribution in [2.75, 3.05) is 24.6 Å². The molecule has 2 aromatic rings. The average molecular weight is 308 g/mol. The first kappa shape index (κ1) is 14.0. The number of hydrogen-bond donors (Lipinski definition) is 0. The van der Waals surface area contributed by atoms with Crippen molar-refractivity contribution in [3.63, 3.8) is 0 Å². The van der Waals surface area contributed by atoms with E-state index in [0.717, 1.165) is 31.1 Å². The van der Waals surface area contributed by atoms with Crippen molar-refractivity contribution in [1.82, 2.24) is 14.6 Å². The molecule has 1 aliphatic heterocycles. The molecule has 0 radical (unpaired) electrons. The van der Waals surface area contributed by atoms with Crippen molar-refractivity contribution in [2.24, 2.45) is 0 Å². The van der Waals surface area contributed by atoms with Crippen LogP contribution >= 0.6 is 11.3 Å². The van der Waals surface area contributed by atoms with Crippen molar-refractivity contribution in [2.45, 2.75) is 26.2 Å². The summed E-state index contributed by atoms with van der Waals surface area (Å²) in [5.41, 5.74) is -0.321. The maximum absolute atomic E-state index is 11.9. The molecule has 1 saturated heterocycles. The summed E-state index contributed by atoms with van der Waals surface area (Å²) in [6.07, 6.45) is 3.49. The van der Waals surface area contributed by atoms with Crippen LogP contribution in [0.3, 0.4) is 0 Å². The molecule has 8 heteroatoms. The summed E-state index contributed by atoms with van der Waals surface area (Å²) in [6, 6.07) is 1.17. The molecule has 0 spiro atoms. The fourth-order valence-electron chi connectivity index (χ4n) is 2.37. The summed E-state index contributed by atoms with van der Waals surface area (Å²) in [5, 5.41) is 5.23. The molecular formula is C13H16N4O3S. The molecule has 0 bridgehead atoms. The number of anilines is 1. The first-order chi connectivity index (χ1) is 10.2. The molecule has 3 rings (SSSR count). The Labute approximate surface area is 125 Å². The molecule has 0 amide bonds. The molecule has 0 aliphatic carbocycles. The lowest BCUT2D eigenvalue weighted by Gasteiger charge is -2.25. The lowest BCUT2D eigenvalue weighted by Crippen LogP contribution is -2.29. The van der Waals surface area contributed by atoms with Crippen LogP contribution in [0.25, 0.3) is 4.96 Å². The van der Waals surface area contributed by atoms with Gasteiger partial charge in [0.05, 0.1) is 6.61 Å². The van der Waals surface area contributed by atoms with Gasteiger partial charge in [0, 0.05) is 19.2 Å². The molecule has 112 valence electrons. The minimum Gasteiger partial charge on any atom is -0.461 e. The van der Waals surface area contributed by atoms with Gasteiger partial charge in [-0.1, -0.05) is 11.3 Å². The van der Waals surface area contributed by atoms with Gasteiger partial charge in [-0.25, -0.2) is 4.79 Å². The Kier molecular flexibility index (Phi) is 3.87. The molecule has 21 heavy (non-hydrogen) atoms. The zero-order valence-electron chi connectivity index (χ0n) is 11.7. The van der Waals surface area contributed by atoms with E-state index >= 15 is 0 Å².